The zero-order valence-electron chi connectivity index (χ0n) is 15.4. The third kappa shape index (κ3) is 4.01. The highest BCUT2D eigenvalue weighted by atomic mass is 79.9. The fraction of sp³-hybridized carbons (Fsp3) is 0.600. The van der Waals surface area contributed by atoms with Crippen molar-refractivity contribution in [1.29, 1.82) is 0 Å². The molecule has 6 heteroatoms. The zero-order valence-corrected chi connectivity index (χ0v) is 18.6. The number of benzene rings is 1. The number of carbonyl (C=O) groups excluding carboxylic acids is 2. The second-order valence-corrected chi connectivity index (χ2v) is 9.23. The Labute approximate surface area is 172 Å². The van der Waals surface area contributed by atoms with Crippen LogP contribution in [-0.4, -0.2) is 47.8 Å². The quantitative estimate of drug-likeness (QED) is 0.584. The number of carbonyl (C=O) groups is 2. The molecular weight excluding hydrogens is 460 g/mol. The molecule has 0 atom stereocenters. The van der Waals surface area contributed by atoms with Crippen molar-refractivity contribution in [3.63, 3.8) is 0 Å². The van der Waals surface area contributed by atoms with Gasteiger partial charge in [-0.05, 0) is 69.7 Å². The smallest absolute Gasteiger partial charge is 0.255 e. The maximum Gasteiger partial charge on any atom is 0.255 e. The van der Waals surface area contributed by atoms with Crippen LogP contribution in [0, 0.1) is 0 Å². The van der Waals surface area contributed by atoms with Gasteiger partial charge in [0.1, 0.15) is 0 Å². The molecule has 0 saturated heterocycles. The predicted octanol–water partition coefficient (Wildman–Crippen LogP) is 5.24. The van der Waals surface area contributed by atoms with Crippen molar-refractivity contribution in [2.45, 2.75) is 63.5 Å². The van der Waals surface area contributed by atoms with E-state index in [0.29, 0.717) is 32.2 Å². The number of hydrogen-bond acceptors (Lipinski definition) is 2. The van der Waals surface area contributed by atoms with Crippen molar-refractivity contribution in [2.75, 3.05) is 14.1 Å². The molecular formula is C20H26Br2N2O2. The van der Waals surface area contributed by atoms with Gasteiger partial charge in [0, 0.05) is 35.1 Å². The highest BCUT2D eigenvalue weighted by molar-refractivity contribution is 9.11. The van der Waals surface area contributed by atoms with Gasteiger partial charge in [-0.2, -0.15) is 0 Å². The molecule has 2 aliphatic rings. The first-order valence-electron chi connectivity index (χ1n) is 9.43. The van der Waals surface area contributed by atoms with Gasteiger partial charge in [0.05, 0.1) is 11.1 Å². The second-order valence-electron chi connectivity index (χ2n) is 7.52. The summed E-state index contributed by atoms with van der Waals surface area (Å²) in [5.41, 5.74) is 1.21. The molecule has 3 rings (SSSR count). The summed E-state index contributed by atoms with van der Waals surface area (Å²) < 4.78 is 1.36. The summed E-state index contributed by atoms with van der Waals surface area (Å²) in [5, 5.41) is 0. The topological polar surface area (TPSA) is 40.6 Å². The molecule has 0 spiro atoms. The highest BCUT2D eigenvalue weighted by Gasteiger charge is 2.29. The molecule has 0 radical (unpaired) electrons. The molecule has 26 heavy (non-hydrogen) atoms. The van der Waals surface area contributed by atoms with E-state index in [1.165, 1.54) is 25.7 Å². The molecule has 0 aliphatic heterocycles. The van der Waals surface area contributed by atoms with E-state index in [1.807, 2.05) is 23.9 Å². The Bertz CT molecular complexity index is 636. The summed E-state index contributed by atoms with van der Waals surface area (Å²) in [6.07, 6.45) is 9.05. The van der Waals surface area contributed by atoms with E-state index in [1.54, 1.807) is 12.1 Å². The Balaban J connectivity index is 1.81. The number of hydrogen-bond donors (Lipinski definition) is 0. The molecule has 0 N–H and O–H groups in total. The van der Waals surface area contributed by atoms with Crippen LogP contribution in [0.4, 0.5) is 0 Å². The van der Waals surface area contributed by atoms with Crippen LogP contribution in [0.2, 0.25) is 0 Å². The molecule has 0 bridgehead atoms. The minimum absolute atomic E-state index is 0.00706. The largest absolute Gasteiger partial charge is 0.339 e. The zero-order chi connectivity index (χ0) is 18.8. The van der Waals surface area contributed by atoms with E-state index >= 15 is 0 Å². The molecule has 2 saturated carbocycles. The lowest BCUT2D eigenvalue weighted by Crippen LogP contribution is -2.36. The molecule has 2 fully saturated rings. The molecule has 0 aromatic heterocycles. The first kappa shape index (κ1) is 19.9. The maximum absolute atomic E-state index is 12.9. The van der Waals surface area contributed by atoms with Gasteiger partial charge in [0.15, 0.2) is 0 Å². The van der Waals surface area contributed by atoms with E-state index in [4.69, 9.17) is 0 Å². The minimum atomic E-state index is 0.00706. The van der Waals surface area contributed by atoms with Crippen molar-refractivity contribution < 1.29 is 9.59 Å². The summed E-state index contributed by atoms with van der Waals surface area (Å²) in [6, 6.07) is 4.22. The lowest BCUT2D eigenvalue weighted by molar-refractivity contribution is 0.0721. The first-order chi connectivity index (χ1) is 12.4. The van der Waals surface area contributed by atoms with Crippen LogP contribution >= 0.6 is 31.9 Å². The van der Waals surface area contributed by atoms with Crippen LogP contribution in [0.15, 0.2) is 21.1 Å². The average Bonchev–Trinajstić information content (AvgIpc) is 3.34. The molecule has 4 nitrogen and oxygen atoms in total. The Hall–Kier alpha value is -0.880. The predicted molar refractivity (Wildman–Crippen MR) is 111 cm³/mol. The third-order valence-corrected chi connectivity index (χ3v) is 7.22. The normalized spacial score (nSPS) is 18.3. The third-order valence-electron chi connectivity index (χ3n) is 5.90. The summed E-state index contributed by atoms with van der Waals surface area (Å²) in [4.78, 5) is 29.5. The highest BCUT2D eigenvalue weighted by Crippen LogP contribution is 2.31. The number of rotatable bonds is 4. The fourth-order valence-electron chi connectivity index (χ4n) is 4.17. The fourth-order valence-corrected chi connectivity index (χ4v) is 5.20. The standard InChI is InChI=1S/C20H26Br2N2O2/c1-23(13-7-3-4-8-13)19(25)15-11-18(22)16(12-17(15)21)20(26)24(2)14-9-5-6-10-14/h11-14H,3-10H2,1-2H3. The second kappa shape index (κ2) is 8.42. The van der Waals surface area contributed by atoms with Gasteiger partial charge in [0.2, 0.25) is 0 Å². The van der Waals surface area contributed by atoms with E-state index in [9.17, 15) is 9.59 Å². The van der Waals surface area contributed by atoms with Gasteiger partial charge in [-0.25, -0.2) is 0 Å². The average molecular weight is 486 g/mol. The van der Waals surface area contributed by atoms with Crippen LogP contribution in [0.1, 0.15) is 72.1 Å². The summed E-state index contributed by atoms with van der Waals surface area (Å²) in [5.74, 6) is 0.0141. The Morgan fingerprint density at radius 3 is 1.38 bits per heavy atom. The van der Waals surface area contributed by atoms with Gasteiger partial charge in [-0.3, -0.25) is 9.59 Å². The van der Waals surface area contributed by atoms with E-state index < -0.39 is 0 Å². The lowest BCUT2D eigenvalue weighted by Gasteiger charge is -2.26. The van der Waals surface area contributed by atoms with Crippen LogP contribution in [0.3, 0.4) is 0 Å². The van der Waals surface area contributed by atoms with Crippen molar-refractivity contribution >= 4 is 43.7 Å². The molecule has 142 valence electrons. The van der Waals surface area contributed by atoms with Crippen LogP contribution < -0.4 is 0 Å². The number of amides is 2. The van der Waals surface area contributed by atoms with Crippen LogP contribution in [0.25, 0.3) is 0 Å². The number of nitrogens with zero attached hydrogens (tertiary/aromatic N) is 2. The van der Waals surface area contributed by atoms with Gasteiger partial charge < -0.3 is 9.80 Å². The Morgan fingerprint density at radius 2 is 1.08 bits per heavy atom. The van der Waals surface area contributed by atoms with Gasteiger partial charge in [0.25, 0.3) is 11.8 Å². The summed E-state index contributed by atoms with van der Waals surface area (Å²) >= 11 is 7.04. The molecule has 2 aliphatic carbocycles. The summed E-state index contributed by atoms with van der Waals surface area (Å²) in [7, 11) is 3.76. The summed E-state index contributed by atoms with van der Waals surface area (Å²) in [6.45, 7) is 0. The molecule has 0 unspecified atom stereocenters. The van der Waals surface area contributed by atoms with Crippen molar-refractivity contribution in [3.05, 3.63) is 32.2 Å². The monoisotopic (exact) mass is 484 g/mol. The van der Waals surface area contributed by atoms with E-state index in [0.717, 1.165) is 25.7 Å². The van der Waals surface area contributed by atoms with Crippen molar-refractivity contribution in [3.8, 4) is 0 Å². The molecule has 0 heterocycles. The van der Waals surface area contributed by atoms with Crippen LogP contribution in [-0.2, 0) is 0 Å². The van der Waals surface area contributed by atoms with Crippen molar-refractivity contribution in [2.24, 2.45) is 0 Å². The van der Waals surface area contributed by atoms with Crippen molar-refractivity contribution in [1.82, 2.24) is 9.80 Å². The molecule has 2 amide bonds. The minimum Gasteiger partial charge on any atom is -0.339 e. The molecule has 1 aromatic rings. The van der Waals surface area contributed by atoms with Crippen LogP contribution in [0.5, 0.6) is 0 Å². The SMILES string of the molecule is CN(C(=O)c1cc(Br)c(C(=O)N(C)C2CCCC2)cc1Br)C1CCCC1. The Morgan fingerprint density at radius 1 is 0.769 bits per heavy atom. The van der Waals surface area contributed by atoms with Gasteiger partial charge in [-0.1, -0.05) is 25.7 Å². The number of halogens is 2. The Kier molecular flexibility index (Phi) is 6.44. The van der Waals surface area contributed by atoms with E-state index in [2.05, 4.69) is 31.9 Å². The lowest BCUT2D eigenvalue weighted by atomic mass is 10.1. The molecule has 1 aromatic carbocycles. The maximum atomic E-state index is 12.9. The first-order valence-corrected chi connectivity index (χ1v) is 11.0. The van der Waals surface area contributed by atoms with Gasteiger partial charge >= 0.3 is 0 Å². The van der Waals surface area contributed by atoms with E-state index in [-0.39, 0.29) is 11.8 Å². The van der Waals surface area contributed by atoms with Gasteiger partial charge in [-0.15, -0.1) is 0 Å².